The van der Waals surface area contributed by atoms with Crippen LogP contribution in [0.25, 0.3) is 10.9 Å². The van der Waals surface area contributed by atoms with Crippen LogP contribution in [-0.2, 0) is 6.54 Å². The van der Waals surface area contributed by atoms with Gasteiger partial charge in [-0.25, -0.2) is 4.98 Å². The molecule has 0 saturated carbocycles. The van der Waals surface area contributed by atoms with E-state index < -0.39 is 0 Å². The molecule has 0 atom stereocenters. The summed E-state index contributed by atoms with van der Waals surface area (Å²) in [5.41, 5.74) is 1.87. The van der Waals surface area contributed by atoms with Gasteiger partial charge in [0.1, 0.15) is 5.52 Å². The number of aromatic nitrogens is 2. The van der Waals surface area contributed by atoms with Crippen molar-refractivity contribution in [1.82, 2.24) is 9.55 Å². The Bertz CT molecular complexity index is 874. The van der Waals surface area contributed by atoms with Crippen molar-refractivity contribution in [3.05, 3.63) is 64.6 Å². The SMILES string of the molecule is COc1nccc2c(=O)ccn(Cc3cccc(SC)c3)c12. The van der Waals surface area contributed by atoms with Gasteiger partial charge in [0.25, 0.3) is 0 Å². The van der Waals surface area contributed by atoms with Crippen molar-refractivity contribution in [2.45, 2.75) is 11.4 Å². The van der Waals surface area contributed by atoms with E-state index >= 15 is 0 Å². The first kappa shape index (κ1) is 14.7. The molecule has 0 aliphatic rings. The van der Waals surface area contributed by atoms with Gasteiger partial charge in [-0.2, -0.15) is 0 Å². The fraction of sp³-hybridized carbons (Fsp3) is 0.176. The molecule has 1 aromatic carbocycles. The van der Waals surface area contributed by atoms with Gasteiger partial charge in [0, 0.05) is 29.9 Å². The van der Waals surface area contributed by atoms with E-state index in [0.29, 0.717) is 17.8 Å². The van der Waals surface area contributed by atoms with Crippen LogP contribution in [0.1, 0.15) is 5.56 Å². The lowest BCUT2D eigenvalue weighted by Gasteiger charge is -2.13. The van der Waals surface area contributed by atoms with Crippen LogP contribution in [0.15, 0.2) is 58.5 Å². The lowest BCUT2D eigenvalue weighted by molar-refractivity contribution is 0.401. The molecule has 0 N–H and O–H groups in total. The highest BCUT2D eigenvalue weighted by Gasteiger charge is 2.10. The van der Waals surface area contributed by atoms with Gasteiger partial charge in [0.2, 0.25) is 5.88 Å². The van der Waals surface area contributed by atoms with Gasteiger partial charge in [-0.15, -0.1) is 11.8 Å². The topological polar surface area (TPSA) is 44.1 Å². The molecule has 0 saturated heterocycles. The average Bonchev–Trinajstić information content (AvgIpc) is 2.57. The van der Waals surface area contributed by atoms with E-state index in [0.717, 1.165) is 5.52 Å². The summed E-state index contributed by atoms with van der Waals surface area (Å²) in [5.74, 6) is 0.469. The first-order valence-electron chi connectivity index (χ1n) is 6.88. The summed E-state index contributed by atoms with van der Waals surface area (Å²) in [6, 6.07) is 11.7. The fourth-order valence-corrected chi connectivity index (χ4v) is 2.97. The number of fused-ring (bicyclic) bond motifs is 1. The van der Waals surface area contributed by atoms with Crippen molar-refractivity contribution in [3.63, 3.8) is 0 Å². The molecule has 0 radical (unpaired) electrons. The summed E-state index contributed by atoms with van der Waals surface area (Å²) >= 11 is 1.71. The zero-order chi connectivity index (χ0) is 15.5. The highest BCUT2D eigenvalue weighted by molar-refractivity contribution is 7.98. The molecular weight excluding hydrogens is 296 g/mol. The summed E-state index contributed by atoms with van der Waals surface area (Å²) < 4.78 is 7.33. The van der Waals surface area contributed by atoms with E-state index in [1.807, 2.05) is 10.6 Å². The zero-order valence-corrected chi connectivity index (χ0v) is 13.3. The van der Waals surface area contributed by atoms with Crippen LogP contribution in [-0.4, -0.2) is 22.9 Å². The minimum absolute atomic E-state index is 0.0233. The van der Waals surface area contributed by atoms with Gasteiger partial charge in [-0.05, 0) is 30.0 Å². The van der Waals surface area contributed by atoms with Crippen molar-refractivity contribution < 1.29 is 4.74 Å². The van der Waals surface area contributed by atoms with E-state index in [1.54, 1.807) is 43.4 Å². The normalized spacial score (nSPS) is 10.8. The second-order valence-electron chi connectivity index (χ2n) is 4.88. The molecule has 0 amide bonds. The molecule has 0 fully saturated rings. The summed E-state index contributed by atoms with van der Waals surface area (Å²) in [5, 5.41) is 0.621. The average molecular weight is 312 g/mol. The van der Waals surface area contributed by atoms with Crippen LogP contribution >= 0.6 is 11.8 Å². The van der Waals surface area contributed by atoms with Crippen molar-refractivity contribution in [1.29, 1.82) is 0 Å². The second kappa shape index (κ2) is 6.23. The molecule has 2 heterocycles. The molecular formula is C17H16N2O2S. The van der Waals surface area contributed by atoms with Crippen LogP contribution in [0.2, 0.25) is 0 Å². The van der Waals surface area contributed by atoms with Crippen LogP contribution in [0.3, 0.4) is 0 Å². The van der Waals surface area contributed by atoms with Crippen molar-refractivity contribution in [2.24, 2.45) is 0 Å². The van der Waals surface area contributed by atoms with Crippen molar-refractivity contribution in [3.8, 4) is 5.88 Å². The molecule has 3 aromatic rings. The maximum atomic E-state index is 12.1. The summed E-state index contributed by atoms with van der Waals surface area (Å²) in [7, 11) is 1.57. The van der Waals surface area contributed by atoms with E-state index in [2.05, 4.69) is 29.4 Å². The maximum Gasteiger partial charge on any atom is 0.238 e. The van der Waals surface area contributed by atoms with E-state index in [4.69, 9.17) is 4.74 Å². The zero-order valence-electron chi connectivity index (χ0n) is 12.4. The highest BCUT2D eigenvalue weighted by atomic mass is 32.2. The molecule has 5 heteroatoms. The molecule has 22 heavy (non-hydrogen) atoms. The largest absolute Gasteiger partial charge is 0.479 e. The van der Waals surface area contributed by atoms with Crippen LogP contribution < -0.4 is 10.2 Å². The summed E-state index contributed by atoms with van der Waals surface area (Å²) in [4.78, 5) is 17.5. The molecule has 3 rings (SSSR count). The molecule has 0 aliphatic carbocycles. The lowest BCUT2D eigenvalue weighted by atomic mass is 10.2. The number of hydrogen-bond donors (Lipinski definition) is 0. The van der Waals surface area contributed by atoms with Crippen molar-refractivity contribution >= 4 is 22.7 Å². The molecule has 0 bridgehead atoms. The third kappa shape index (κ3) is 2.72. The van der Waals surface area contributed by atoms with Gasteiger partial charge in [0.05, 0.1) is 12.5 Å². The smallest absolute Gasteiger partial charge is 0.238 e. The number of thioether (sulfide) groups is 1. The highest BCUT2D eigenvalue weighted by Crippen LogP contribution is 2.22. The quantitative estimate of drug-likeness (QED) is 0.694. The molecule has 0 aliphatic heterocycles. The van der Waals surface area contributed by atoms with Crippen LogP contribution in [0, 0.1) is 0 Å². The summed E-state index contributed by atoms with van der Waals surface area (Å²) in [6.45, 7) is 0.660. The number of pyridine rings is 2. The predicted molar refractivity (Wildman–Crippen MR) is 89.9 cm³/mol. The third-order valence-electron chi connectivity index (χ3n) is 3.53. The van der Waals surface area contributed by atoms with E-state index in [1.165, 1.54) is 10.5 Å². The first-order valence-corrected chi connectivity index (χ1v) is 8.10. The molecule has 2 aromatic heterocycles. The van der Waals surface area contributed by atoms with Crippen LogP contribution in [0.4, 0.5) is 0 Å². The number of methoxy groups -OCH3 is 1. The van der Waals surface area contributed by atoms with Gasteiger partial charge < -0.3 is 9.30 Å². The minimum atomic E-state index is -0.0233. The number of ether oxygens (including phenoxy) is 1. The standard InChI is InChI=1S/C17H16N2O2S/c1-21-17-16-14(6-8-18-17)15(20)7-9-19(16)11-12-4-3-5-13(10-12)22-2/h3-10H,11H2,1-2H3. The van der Waals surface area contributed by atoms with Gasteiger partial charge in [0.15, 0.2) is 5.43 Å². The third-order valence-corrected chi connectivity index (χ3v) is 4.25. The van der Waals surface area contributed by atoms with Gasteiger partial charge in [-0.1, -0.05) is 12.1 Å². The lowest BCUT2D eigenvalue weighted by Crippen LogP contribution is -2.10. The van der Waals surface area contributed by atoms with Crippen molar-refractivity contribution in [2.75, 3.05) is 13.4 Å². The Morgan fingerprint density at radius 1 is 1.27 bits per heavy atom. The monoisotopic (exact) mass is 312 g/mol. The van der Waals surface area contributed by atoms with Crippen LogP contribution in [0.5, 0.6) is 5.88 Å². The van der Waals surface area contributed by atoms with E-state index in [9.17, 15) is 4.79 Å². The molecule has 112 valence electrons. The number of nitrogens with zero attached hydrogens (tertiary/aromatic N) is 2. The first-order chi connectivity index (χ1) is 10.7. The van der Waals surface area contributed by atoms with Gasteiger partial charge in [-0.3, -0.25) is 4.79 Å². The summed E-state index contributed by atoms with van der Waals surface area (Å²) in [6.07, 6.45) is 5.45. The van der Waals surface area contributed by atoms with Gasteiger partial charge >= 0.3 is 0 Å². The Morgan fingerprint density at radius 3 is 2.91 bits per heavy atom. The second-order valence-corrected chi connectivity index (χ2v) is 5.76. The number of rotatable bonds is 4. The molecule has 4 nitrogen and oxygen atoms in total. The van der Waals surface area contributed by atoms with E-state index in [-0.39, 0.29) is 5.43 Å². The Morgan fingerprint density at radius 2 is 2.14 bits per heavy atom. The predicted octanol–water partition coefficient (Wildman–Crippen LogP) is 3.18. The fourth-order valence-electron chi connectivity index (χ4n) is 2.48. The Labute approximate surface area is 132 Å². The number of hydrogen-bond acceptors (Lipinski definition) is 4. The Hall–Kier alpha value is -2.27. The maximum absolute atomic E-state index is 12.1. The Kier molecular flexibility index (Phi) is 4.15. The Balaban J connectivity index is 2.14. The number of benzene rings is 1. The minimum Gasteiger partial charge on any atom is -0.479 e. The molecule has 0 spiro atoms. The molecule has 0 unspecified atom stereocenters.